The Morgan fingerprint density at radius 1 is 0.918 bits per heavy atom. The van der Waals surface area contributed by atoms with Crippen LogP contribution in [0.15, 0.2) is 89.6 Å². The molecule has 6 heterocycles. The Bertz CT molecular complexity index is 3250. The molecular formula is C55H58ClFN10O4S2. The van der Waals surface area contributed by atoms with Gasteiger partial charge in [-0.1, -0.05) is 68.8 Å². The highest BCUT2D eigenvalue weighted by atomic mass is 35.5. The van der Waals surface area contributed by atoms with E-state index in [2.05, 4.69) is 51.7 Å². The van der Waals surface area contributed by atoms with Crippen molar-refractivity contribution in [2.45, 2.75) is 117 Å². The molecule has 1 saturated carbocycles. The molecule has 0 radical (unpaired) electrons. The van der Waals surface area contributed by atoms with Gasteiger partial charge >= 0.3 is 0 Å². The molecule has 1 unspecified atom stereocenters. The van der Waals surface area contributed by atoms with Crippen LogP contribution in [0.4, 0.5) is 4.39 Å². The maximum Gasteiger partial charge on any atom is 0.248 e. The number of fused-ring (bicyclic) bond motifs is 3. The molecule has 18 heteroatoms. The molecule has 3 aromatic carbocycles. The lowest BCUT2D eigenvalue weighted by Gasteiger charge is -2.36. The van der Waals surface area contributed by atoms with Gasteiger partial charge in [0, 0.05) is 64.3 Å². The van der Waals surface area contributed by atoms with Crippen LogP contribution in [0.5, 0.6) is 5.75 Å². The topological polar surface area (TPSA) is 162 Å². The third-order valence-corrected chi connectivity index (χ3v) is 16.8. The first kappa shape index (κ1) is 50.0. The quantitative estimate of drug-likeness (QED) is 0.109. The van der Waals surface area contributed by atoms with E-state index in [0.29, 0.717) is 59.4 Å². The number of aromatic nitrogens is 6. The predicted molar refractivity (Wildman–Crippen MR) is 283 cm³/mol. The summed E-state index contributed by atoms with van der Waals surface area (Å²) >= 11 is 9.54. The van der Waals surface area contributed by atoms with Gasteiger partial charge in [0.1, 0.15) is 46.6 Å². The molecule has 5 atom stereocenters. The minimum absolute atomic E-state index is 0.0611. The number of thiophene rings is 1. The van der Waals surface area contributed by atoms with Gasteiger partial charge in [0.25, 0.3) is 0 Å². The first-order chi connectivity index (χ1) is 35.0. The van der Waals surface area contributed by atoms with Gasteiger partial charge in [-0.25, -0.2) is 9.37 Å². The van der Waals surface area contributed by atoms with E-state index in [4.69, 9.17) is 21.3 Å². The Kier molecular flexibility index (Phi) is 14.0. The second-order valence-electron chi connectivity index (χ2n) is 20.1. The number of thiazole rings is 1. The van der Waals surface area contributed by atoms with E-state index in [1.807, 2.05) is 93.2 Å². The number of nitrogens with zero attached hydrogens (tertiary/aromatic N) is 8. The first-order valence-corrected chi connectivity index (χ1v) is 26.9. The zero-order chi connectivity index (χ0) is 51.4. The highest BCUT2D eigenvalue weighted by Gasteiger charge is 2.42. The van der Waals surface area contributed by atoms with Crippen molar-refractivity contribution in [2.24, 2.45) is 16.8 Å². The summed E-state index contributed by atoms with van der Waals surface area (Å²) in [6.45, 7) is 16.5. The van der Waals surface area contributed by atoms with Crippen LogP contribution in [0.1, 0.15) is 116 Å². The van der Waals surface area contributed by atoms with Gasteiger partial charge in [-0.05, 0) is 99.4 Å². The van der Waals surface area contributed by atoms with E-state index in [9.17, 15) is 14.4 Å². The predicted octanol–water partition coefficient (Wildman–Crippen LogP) is 10.7. The lowest BCUT2D eigenvalue weighted by Crippen LogP contribution is -2.49. The summed E-state index contributed by atoms with van der Waals surface area (Å²) in [4.78, 5) is 55.9. The van der Waals surface area contributed by atoms with Crippen LogP contribution < -0.4 is 15.4 Å². The molecule has 0 bridgehead atoms. The summed E-state index contributed by atoms with van der Waals surface area (Å²) in [5.74, 6) is 0.594. The summed E-state index contributed by atoms with van der Waals surface area (Å²) in [7, 11) is 0. The average molecular weight is 1040 g/mol. The zero-order valence-corrected chi connectivity index (χ0v) is 44.4. The van der Waals surface area contributed by atoms with Crippen molar-refractivity contribution in [3.63, 3.8) is 0 Å². The first-order valence-electron chi connectivity index (χ1n) is 24.8. The zero-order valence-electron chi connectivity index (χ0n) is 42.0. The molecule has 7 aromatic rings. The van der Waals surface area contributed by atoms with E-state index in [1.54, 1.807) is 50.7 Å². The highest BCUT2D eigenvalue weighted by Crippen LogP contribution is 2.41. The Labute approximate surface area is 437 Å². The molecule has 2 fully saturated rings. The van der Waals surface area contributed by atoms with E-state index in [0.717, 1.165) is 54.0 Å². The van der Waals surface area contributed by atoms with Crippen molar-refractivity contribution in [3.05, 3.63) is 140 Å². The fraction of sp³-hybridized carbons (Fsp3) is 0.382. The van der Waals surface area contributed by atoms with Gasteiger partial charge in [-0.2, -0.15) is 5.10 Å². The minimum atomic E-state index is -0.703. The third kappa shape index (κ3) is 10.1. The number of rotatable bonds is 14. The highest BCUT2D eigenvalue weighted by molar-refractivity contribution is 7.15. The van der Waals surface area contributed by atoms with Gasteiger partial charge in [0.2, 0.25) is 17.7 Å². The maximum absolute atomic E-state index is 15.3. The second-order valence-corrected chi connectivity index (χ2v) is 22.6. The van der Waals surface area contributed by atoms with E-state index < -0.39 is 23.9 Å². The van der Waals surface area contributed by atoms with Crippen LogP contribution >= 0.6 is 34.3 Å². The third-order valence-electron chi connectivity index (χ3n) is 14.3. The molecule has 2 aliphatic heterocycles. The van der Waals surface area contributed by atoms with Crippen molar-refractivity contribution >= 4 is 57.7 Å². The fourth-order valence-corrected chi connectivity index (χ4v) is 12.5. The molecule has 73 heavy (non-hydrogen) atoms. The lowest BCUT2D eigenvalue weighted by atomic mass is 9.89. The van der Waals surface area contributed by atoms with Gasteiger partial charge in [0.05, 0.1) is 40.5 Å². The summed E-state index contributed by atoms with van der Waals surface area (Å²) in [6.07, 6.45) is 4.82. The Morgan fingerprint density at radius 2 is 1.66 bits per heavy atom. The van der Waals surface area contributed by atoms with Crippen molar-refractivity contribution in [3.8, 4) is 32.3 Å². The van der Waals surface area contributed by atoms with Crippen molar-refractivity contribution in [1.82, 2.24) is 45.1 Å². The molecule has 1 aliphatic carbocycles. The fourth-order valence-electron chi connectivity index (χ4n) is 10.3. The minimum Gasteiger partial charge on any atom is -0.490 e. The normalized spacial score (nSPS) is 20.1. The molecule has 0 spiro atoms. The van der Waals surface area contributed by atoms with E-state index >= 15 is 4.39 Å². The number of halogens is 2. The molecule has 14 nitrogen and oxygen atoms in total. The molecule has 10 rings (SSSR count). The number of nitrogens with one attached hydrogen (secondary N) is 2. The van der Waals surface area contributed by atoms with Crippen LogP contribution in [0.2, 0.25) is 5.02 Å². The van der Waals surface area contributed by atoms with E-state index in [-0.39, 0.29) is 54.2 Å². The second kappa shape index (κ2) is 20.4. The van der Waals surface area contributed by atoms with E-state index in [1.165, 1.54) is 12.1 Å². The molecule has 378 valence electrons. The average Bonchev–Trinajstić information content (AvgIpc) is 4.19. The number of aryl methyl sites for hydroxylation is 3. The SMILES string of the molecule is Cc1ncsc1-c1ccc(C(C)NC(=O)[C@@H]2C[C@@H](C)CN2C(=O)[C@H](C(C)C)n2cc(-c3cc(F)cc(OC4CC(NC(=O)C[C@@H]5N=C(c6ccc(Cl)cc6)c6c(sc(C)c6C)-n6c(C)nnc65)C4)c3)cn2)cc1. The Balaban J connectivity index is 0.774. The van der Waals surface area contributed by atoms with Crippen molar-refractivity contribution < 1.29 is 23.5 Å². The number of likely N-dealkylation sites (tertiary alicyclic amines) is 1. The smallest absolute Gasteiger partial charge is 0.248 e. The Hall–Kier alpha value is -6.56. The number of carbonyl (C=O) groups is 3. The molecule has 3 amide bonds. The summed E-state index contributed by atoms with van der Waals surface area (Å²) in [6, 6.07) is 17.9. The van der Waals surface area contributed by atoms with Crippen LogP contribution in [0.3, 0.4) is 0 Å². The van der Waals surface area contributed by atoms with Gasteiger partial charge in [0.15, 0.2) is 5.82 Å². The molecular weight excluding hydrogens is 983 g/mol. The number of amides is 3. The maximum atomic E-state index is 15.3. The van der Waals surface area contributed by atoms with Crippen molar-refractivity contribution in [1.29, 1.82) is 0 Å². The summed E-state index contributed by atoms with van der Waals surface area (Å²) < 4.78 is 25.3. The molecule has 1 saturated heterocycles. The van der Waals surface area contributed by atoms with Crippen LogP contribution in [0.25, 0.3) is 26.6 Å². The molecule has 4 aromatic heterocycles. The van der Waals surface area contributed by atoms with Gasteiger partial charge in [-0.15, -0.1) is 32.9 Å². The van der Waals surface area contributed by atoms with Gasteiger partial charge in [-0.3, -0.25) is 28.6 Å². The number of carbonyl (C=O) groups excluding carboxylic acids is 3. The molecule has 3 aliphatic rings. The number of hydrogen-bond donors (Lipinski definition) is 2. The monoisotopic (exact) mass is 1040 g/mol. The lowest BCUT2D eigenvalue weighted by molar-refractivity contribution is -0.142. The number of hydrogen-bond acceptors (Lipinski definition) is 11. The van der Waals surface area contributed by atoms with Gasteiger partial charge < -0.3 is 20.3 Å². The Morgan fingerprint density at radius 3 is 2.37 bits per heavy atom. The number of benzene rings is 3. The van der Waals surface area contributed by atoms with Crippen LogP contribution in [-0.4, -0.2) is 82.6 Å². The number of ether oxygens (including phenoxy) is 1. The standard InChI is InChI=1S/C55H58ClFN10O4S2/c1-28(2)50(54(70)65-25-29(3)17-46(65)53(69)60-31(5)35-9-11-37(12-10-35)51-32(6)58-27-72-51)66-26-39(24-59-66)38-18-41(57)20-43(19-38)71-44-21-42(22-44)61-47(68)23-45-52-64-63-34(8)67(52)55-48(30(4)33(7)73-55)49(62-45)36-13-15-40(56)16-14-36/h9-16,18-20,24,26-29,31,42,44-46,50H,17,21-23,25H2,1-8H3,(H,60,69)(H,61,68)/t29-,31?,42?,44?,45+,46+,50+/m1/s1. The molecule has 2 N–H and O–H groups in total. The number of aliphatic imine (C=N–C) groups is 1. The van der Waals surface area contributed by atoms with Crippen molar-refractivity contribution in [2.75, 3.05) is 6.54 Å². The summed E-state index contributed by atoms with van der Waals surface area (Å²) in [5, 5.41) is 21.5. The van der Waals surface area contributed by atoms with Crippen LogP contribution in [-0.2, 0) is 14.4 Å². The van der Waals surface area contributed by atoms with Crippen LogP contribution in [0, 0.1) is 45.3 Å². The largest absolute Gasteiger partial charge is 0.490 e. The summed E-state index contributed by atoms with van der Waals surface area (Å²) in [5.41, 5.74) is 9.81.